The summed E-state index contributed by atoms with van der Waals surface area (Å²) in [7, 11) is 0. The van der Waals surface area contributed by atoms with Gasteiger partial charge in [-0.2, -0.15) is 4.98 Å². The Morgan fingerprint density at radius 2 is 1.87 bits per heavy atom. The van der Waals surface area contributed by atoms with Crippen LogP contribution < -0.4 is 10.5 Å². The predicted octanol–water partition coefficient (Wildman–Crippen LogP) is 3.26. The van der Waals surface area contributed by atoms with Gasteiger partial charge in [0.25, 0.3) is 0 Å². The number of nitrogens with zero attached hydrogens (tertiary/aromatic N) is 4. The highest BCUT2D eigenvalue weighted by molar-refractivity contribution is 6.33. The molecule has 1 aromatic carbocycles. The Bertz CT molecular complexity index is 893. The lowest BCUT2D eigenvalue weighted by atomic mass is 10.3. The molecule has 0 atom stereocenters. The molecule has 2 heterocycles. The number of halogens is 4. The van der Waals surface area contributed by atoms with E-state index in [0.717, 1.165) is 6.07 Å². The molecule has 6 nitrogen and oxygen atoms in total. The summed E-state index contributed by atoms with van der Waals surface area (Å²) in [6.07, 6.45) is -4.85. The molecule has 0 unspecified atom stereocenters. The number of hydrogen-bond acceptors (Lipinski definition) is 5. The Morgan fingerprint density at radius 1 is 1.17 bits per heavy atom. The van der Waals surface area contributed by atoms with Crippen LogP contribution in [0, 0.1) is 6.92 Å². The number of alkyl halides is 3. The fraction of sp³-hybridized carbons (Fsp3) is 0.154. The quantitative estimate of drug-likeness (QED) is 0.722. The van der Waals surface area contributed by atoms with E-state index >= 15 is 0 Å². The SMILES string of the molecule is Cc1nc(Cl)c2c(n1)nc(N)n2-c1ccccc1OC(F)(F)F. The number of imidazole rings is 1. The monoisotopic (exact) mass is 343 g/mol. The molecule has 0 amide bonds. The first-order valence-corrected chi connectivity index (χ1v) is 6.67. The van der Waals surface area contributed by atoms with Crippen LogP contribution in [-0.4, -0.2) is 25.9 Å². The highest BCUT2D eigenvalue weighted by Crippen LogP contribution is 2.34. The van der Waals surface area contributed by atoms with Gasteiger partial charge in [-0.15, -0.1) is 13.2 Å². The second-order valence-electron chi connectivity index (χ2n) is 4.55. The number of hydrogen-bond donors (Lipinski definition) is 1. The van der Waals surface area contributed by atoms with Crippen molar-refractivity contribution in [3.63, 3.8) is 0 Å². The van der Waals surface area contributed by atoms with Crippen LogP contribution in [0.1, 0.15) is 5.82 Å². The van der Waals surface area contributed by atoms with Crippen LogP contribution in [0.25, 0.3) is 16.9 Å². The van der Waals surface area contributed by atoms with Crippen LogP contribution in [-0.2, 0) is 0 Å². The molecule has 120 valence electrons. The smallest absolute Gasteiger partial charge is 0.404 e. The average molecular weight is 344 g/mol. The van der Waals surface area contributed by atoms with Gasteiger partial charge in [0.2, 0.25) is 5.95 Å². The Morgan fingerprint density at radius 3 is 2.57 bits per heavy atom. The number of ether oxygens (including phenoxy) is 1. The standard InChI is InChI=1S/C13H9ClF3N5O/c1-6-19-10(14)9-11(20-6)21-12(18)22(9)7-4-2-3-5-8(7)23-13(15,16)17/h2-5H,1H3,(H2,18,19,20,21). The third kappa shape index (κ3) is 2.87. The zero-order chi connectivity index (χ0) is 16.8. The summed E-state index contributed by atoms with van der Waals surface area (Å²) >= 11 is 6.09. The molecule has 0 bridgehead atoms. The number of anilines is 1. The molecule has 0 aliphatic heterocycles. The third-order valence-corrected chi connectivity index (χ3v) is 3.20. The van der Waals surface area contributed by atoms with Crippen LogP contribution in [0.2, 0.25) is 5.15 Å². The van der Waals surface area contributed by atoms with Crippen molar-refractivity contribution >= 4 is 28.7 Å². The van der Waals surface area contributed by atoms with Crippen molar-refractivity contribution in [2.75, 3.05) is 5.73 Å². The Hall–Kier alpha value is -2.55. The van der Waals surface area contributed by atoms with Gasteiger partial charge in [0.05, 0.1) is 5.69 Å². The van der Waals surface area contributed by atoms with E-state index in [4.69, 9.17) is 17.3 Å². The molecular formula is C13H9ClF3N5O. The third-order valence-electron chi connectivity index (χ3n) is 2.94. The molecule has 0 radical (unpaired) electrons. The van der Waals surface area contributed by atoms with Crippen molar-refractivity contribution in [1.82, 2.24) is 19.5 Å². The predicted molar refractivity (Wildman–Crippen MR) is 77.5 cm³/mol. The van der Waals surface area contributed by atoms with Gasteiger partial charge in [-0.25, -0.2) is 9.97 Å². The lowest BCUT2D eigenvalue weighted by Gasteiger charge is -2.15. The van der Waals surface area contributed by atoms with E-state index in [9.17, 15) is 13.2 Å². The molecule has 3 aromatic rings. The van der Waals surface area contributed by atoms with Gasteiger partial charge >= 0.3 is 6.36 Å². The van der Waals surface area contributed by atoms with E-state index in [-0.39, 0.29) is 28.0 Å². The van der Waals surface area contributed by atoms with E-state index in [1.807, 2.05) is 0 Å². The number of nitrogens with two attached hydrogens (primary N) is 1. The minimum Gasteiger partial charge on any atom is -0.404 e. The molecule has 2 N–H and O–H groups in total. The van der Waals surface area contributed by atoms with Crippen LogP contribution in [0.3, 0.4) is 0 Å². The zero-order valence-electron chi connectivity index (χ0n) is 11.6. The minimum atomic E-state index is -4.85. The van der Waals surface area contributed by atoms with E-state index in [1.165, 1.54) is 22.8 Å². The summed E-state index contributed by atoms with van der Waals surface area (Å²) in [5.41, 5.74) is 6.24. The number of para-hydroxylation sites is 2. The number of nitrogen functional groups attached to an aromatic ring is 1. The Labute approximate surface area is 132 Å². The van der Waals surface area contributed by atoms with Crippen molar-refractivity contribution in [1.29, 1.82) is 0 Å². The number of fused-ring (bicyclic) bond motifs is 1. The summed E-state index contributed by atoms with van der Waals surface area (Å²) in [5, 5.41) is 0.0264. The van der Waals surface area contributed by atoms with E-state index < -0.39 is 12.1 Å². The number of rotatable bonds is 2. The van der Waals surface area contributed by atoms with Crippen molar-refractivity contribution in [3.05, 3.63) is 35.2 Å². The van der Waals surface area contributed by atoms with E-state index in [1.54, 1.807) is 6.92 Å². The Balaban J connectivity index is 2.28. The first-order valence-electron chi connectivity index (χ1n) is 6.29. The molecule has 0 spiro atoms. The van der Waals surface area contributed by atoms with Gasteiger partial charge in [-0.1, -0.05) is 23.7 Å². The van der Waals surface area contributed by atoms with Crippen molar-refractivity contribution in [2.45, 2.75) is 13.3 Å². The molecule has 0 fully saturated rings. The molecule has 3 rings (SSSR count). The maximum atomic E-state index is 12.6. The number of aryl methyl sites for hydroxylation is 1. The Kier molecular flexibility index (Phi) is 3.52. The van der Waals surface area contributed by atoms with Gasteiger partial charge < -0.3 is 10.5 Å². The summed E-state index contributed by atoms with van der Waals surface area (Å²) in [6, 6.07) is 5.50. The van der Waals surface area contributed by atoms with Crippen LogP contribution in [0.15, 0.2) is 24.3 Å². The molecule has 0 saturated carbocycles. The largest absolute Gasteiger partial charge is 0.573 e. The van der Waals surface area contributed by atoms with Crippen LogP contribution in [0.4, 0.5) is 19.1 Å². The van der Waals surface area contributed by atoms with Gasteiger partial charge in [0, 0.05) is 0 Å². The average Bonchev–Trinajstić information content (AvgIpc) is 2.73. The fourth-order valence-electron chi connectivity index (χ4n) is 2.16. The highest BCUT2D eigenvalue weighted by Gasteiger charge is 2.32. The topological polar surface area (TPSA) is 78.9 Å². The van der Waals surface area contributed by atoms with Crippen molar-refractivity contribution in [2.24, 2.45) is 0 Å². The zero-order valence-corrected chi connectivity index (χ0v) is 12.4. The maximum Gasteiger partial charge on any atom is 0.573 e. The van der Waals surface area contributed by atoms with Gasteiger partial charge in [0.15, 0.2) is 16.5 Å². The number of aromatic nitrogens is 4. The maximum absolute atomic E-state index is 12.6. The van der Waals surface area contributed by atoms with E-state index in [2.05, 4.69) is 19.7 Å². The molecule has 23 heavy (non-hydrogen) atoms. The molecule has 0 saturated heterocycles. The summed E-state index contributed by atoms with van der Waals surface area (Å²) in [6.45, 7) is 1.61. The molecular weight excluding hydrogens is 335 g/mol. The fourth-order valence-corrected chi connectivity index (χ4v) is 2.45. The van der Waals surface area contributed by atoms with Gasteiger partial charge in [-0.05, 0) is 19.1 Å². The summed E-state index contributed by atoms with van der Waals surface area (Å²) in [4.78, 5) is 12.1. The van der Waals surface area contributed by atoms with Crippen LogP contribution in [0.5, 0.6) is 5.75 Å². The lowest BCUT2D eigenvalue weighted by Crippen LogP contribution is -2.18. The van der Waals surface area contributed by atoms with Gasteiger partial charge in [0.1, 0.15) is 11.3 Å². The highest BCUT2D eigenvalue weighted by atomic mass is 35.5. The second-order valence-corrected chi connectivity index (χ2v) is 4.91. The van der Waals surface area contributed by atoms with E-state index in [0.29, 0.717) is 5.82 Å². The normalized spacial score (nSPS) is 11.9. The summed E-state index contributed by atoms with van der Waals surface area (Å²) in [5.74, 6) is -0.158. The molecule has 10 heteroatoms. The minimum absolute atomic E-state index is 0.0264. The lowest BCUT2D eigenvalue weighted by molar-refractivity contribution is -0.274. The van der Waals surface area contributed by atoms with Crippen molar-refractivity contribution < 1.29 is 17.9 Å². The molecule has 2 aromatic heterocycles. The first-order chi connectivity index (χ1) is 10.8. The molecule has 0 aliphatic rings. The first kappa shape index (κ1) is 15.3. The second kappa shape index (κ2) is 5.27. The summed E-state index contributed by atoms with van der Waals surface area (Å²) < 4.78 is 43.0. The number of benzene rings is 1. The van der Waals surface area contributed by atoms with Crippen LogP contribution >= 0.6 is 11.6 Å². The molecule has 0 aliphatic carbocycles. The van der Waals surface area contributed by atoms with Gasteiger partial charge in [-0.3, -0.25) is 4.57 Å². The van der Waals surface area contributed by atoms with Crippen molar-refractivity contribution in [3.8, 4) is 11.4 Å².